The van der Waals surface area contributed by atoms with Gasteiger partial charge in [0, 0.05) is 24.4 Å². The fourth-order valence-electron chi connectivity index (χ4n) is 2.96. The van der Waals surface area contributed by atoms with Crippen molar-refractivity contribution in [3.63, 3.8) is 0 Å². The Balaban J connectivity index is 1.90. The van der Waals surface area contributed by atoms with E-state index in [1.165, 1.54) is 11.1 Å². The van der Waals surface area contributed by atoms with Gasteiger partial charge < -0.3 is 4.90 Å². The summed E-state index contributed by atoms with van der Waals surface area (Å²) in [6.07, 6.45) is 2.08. The molecule has 2 nitrogen and oxygen atoms in total. The van der Waals surface area contributed by atoms with Gasteiger partial charge in [-0.1, -0.05) is 43.7 Å². The summed E-state index contributed by atoms with van der Waals surface area (Å²) >= 11 is 0. The molecule has 0 aliphatic heterocycles. The molecule has 1 fully saturated rings. The second-order valence-electron chi connectivity index (χ2n) is 6.67. The Morgan fingerprint density at radius 2 is 1.89 bits per heavy atom. The normalized spacial score (nSPS) is 22.2. The Hall–Kier alpha value is -1.15. The topological polar surface area (TPSA) is 20.3 Å². The first kappa shape index (κ1) is 14.3. The molecule has 0 aromatic heterocycles. The number of nitrogens with zero attached hydrogens (tertiary/aromatic N) is 1. The lowest BCUT2D eigenvalue weighted by atomic mass is 9.89. The predicted octanol–water partition coefficient (Wildman–Crippen LogP) is 3.43. The van der Waals surface area contributed by atoms with Crippen LogP contribution in [0.15, 0.2) is 24.3 Å². The molecule has 1 aliphatic carbocycles. The van der Waals surface area contributed by atoms with Gasteiger partial charge in [-0.2, -0.15) is 0 Å². The van der Waals surface area contributed by atoms with Crippen molar-refractivity contribution in [3.05, 3.63) is 35.4 Å². The number of carbonyl (C=O) groups excluding carboxylic acids is 1. The summed E-state index contributed by atoms with van der Waals surface area (Å²) in [5.41, 5.74) is 2.51. The van der Waals surface area contributed by atoms with Crippen molar-refractivity contribution in [1.29, 1.82) is 0 Å². The van der Waals surface area contributed by atoms with E-state index in [0.717, 1.165) is 25.9 Å². The van der Waals surface area contributed by atoms with Crippen LogP contribution in [-0.4, -0.2) is 24.3 Å². The minimum atomic E-state index is -0.102. The average Bonchev–Trinajstić information content (AvgIpc) is 2.59. The molecular weight excluding hydrogens is 234 g/mol. The van der Waals surface area contributed by atoms with E-state index in [1.54, 1.807) is 0 Å². The first-order valence-corrected chi connectivity index (χ1v) is 7.17. The number of carbonyl (C=O) groups is 1. The van der Waals surface area contributed by atoms with Crippen LogP contribution in [0.3, 0.4) is 0 Å². The van der Waals surface area contributed by atoms with Gasteiger partial charge >= 0.3 is 0 Å². The number of aryl methyl sites for hydroxylation is 1. The number of benzene rings is 1. The maximum atomic E-state index is 12.2. The number of rotatable bonds is 4. The maximum absolute atomic E-state index is 12.2. The fourth-order valence-corrected chi connectivity index (χ4v) is 2.96. The highest BCUT2D eigenvalue weighted by Gasteiger charge is 2.40. The van der Waals surface area contributed by atoms with Crippen LogP contribution < -0.4 is 0 Å². The van der Waals surface area contributed by atoms with E-state index in [2.05, 4.69) is 57.0 Å². The van der Waals surface area contributed by atoms with Gasteiger partial charge in [0.25, 0.3) is 0 Å². The largest absolute Gasteiger partial charge is 0.301 e. The van der Waals surface area contributed by atoms with Gasteiger partial charge in [0.15, 0.2) is 0 Å². The molecule has 104 valence electrons. The molecular formula is C17H25NO. The molecule has 0 spiro atoms. The Labute approximate surface area is 116 Å². The highest BCUT2D eigenvalue weighted by Crippen LogP contribution is 2.37. The SMILES string of the molecule is Cc1ccc(CN(C)CC2CCC(C)(C)C2=O)cc1. The number of hydrogen-bond acceptors (Lipinski definition) is 2. The quantitative estimate of drug-likeness (QED) is 0.825. The highest BCUT2D eigenvalue weighted by molar-refractivity contribution is 5.88. The smallest absolute Gasteiger partial charge is 0.142 e. The van der Waals surface area contributed by atoms with Crippen molar-refractivity contribution >= 4 is 5.78 Å². The van der Waals surface area contributed by atoms with Gasteiger partial charge in [0.05, 0.1) is 0 Å². The molecule has 0 N–H and O–H groups in total. The predicted molar refractivity (Wildman–Crippen MR) is 79.0 cm³/mol. The third-order valence-corrected chi connectivity index (χ3v) is 4.26. The Morgan fingerprint density at radius 1 is 1.26 bits per heavy atom. The molecule has 0 heterocycles. The van der Waals surface area contributed by atoms with Gasteiger partial charge in [-0.05, 0) is 32.4 Å². The average molecular weight is 259 g/mol. The van der Waals surface area contributed by atoms with Crippen LogP contribution in [0, 0.1) is 18.3 Å². The zero-order valence-electron chi connectivity index (χ0n) is 12.6. The van der Waals surface area contributed by atoms with Crippen LogP contribution in [0.4, 0.5) is 0 Å². The first-order chi connectivity index (χ1) is 8.88. The van der Waals surface area contributed by atoms with E-state index in [-0.39, 0.29) is 11.3 Å². The second kappa shape index (κ2) is 5.46. The number of ketones is 1. The van der Waals surface area contributed by atoms with Crippen molar-refractivity contribution in [3.8, 4) is 0 Å². The van der Waals surface area contributed by atoms with Crippen molar-refractivity contribution in [2.75, 3.05) is 13.6 Å². The van der Waals surface area contributed by atoms with Crippen molar-refractivity contribution < 1.29 is 4.79 Å². The lowest BCUT2D eigenvalue weighted by molar-refractivity contribution is -0.127. The highest BCUT2D eigenvalue weighted by atomic mass is 16.1. The van der Waals surface area contributed by atoms with E-state index in [0.29, 0.717) is 5.78 Å². The summed E-state index contributed by atoms with van der Waals surface area (Å²) in [4.78, 5) is 14.5. The van der Waals surface area contributed by atoms with Crippen molar-refractivity contribution in [2.45, 2.75) is 40.2 Å². The summed E-state index contributed by atoms with van der Waals surface area (Å²) in [5.74, 6) is 0.675. The molecule has 1 saturated carbocycles. The van der Waals surface area contributed by atoms with Gasteiger partial charge in [-0.15, -0.1) is 0 Å². The van der Waals surface area contributed by atoms with E-state index >= 15 is 0 Å². The van der Waals surface area contributed by atoms with Crippen LogP contribution in [0.5, 0.6) is 0 Å². The summed E-state index contributed by atoms with van der Waals surface area (Å²) in [5, 5.41) is 0. The summed E-state index contributed by atoms with van der Waals surface area (Å²) in [7, 11) is 2.11. The standard InChI is InChI=1S/C17H25NO/c1-13-5-7-14(8-6-13)11-18(4)12-15-9-10-17(2,3)16(15)19/h5-8,15H,9-12H2,1-4H3. The third-order valence-electron chi connectivity index (χ3n) is 4.26. The lowest BCUT2D eigenvalue weighted by Crippen LogP contribution is -2.31. The van der Waals surface area contributed by atoms with E-state index in [4.69, 9.17) is 0 Å². The minimum Gasteiger partial charge on any atom is -0.301 e. The number of hydrogen-bond donors (Lipinski definition) is 0. The monoisotopic (exact) mass is 259 g/mol. The molecule has 1 aliphatic rings. The van der Waals surface area contributed by atoms with Gasteiger partial charge in [-0.25, -0.2) is 0 Å². The summed E-state index contributed by atoms with van der Waals surface area (Å²) in [6.45, 7) is 8.07. The fraction of sp³-hybridized carbons (Fsp3) is 0.588. The Morgan fingerprint density at radius 3 is 2.42 bits per heavy atom. The Kier molecular flexibility index (Phi) is 4.10. The first-order valence-electron chi connectivity index (χ1n) is 7.17. The van der Waals surface area contributed by atoms with Crippen LogP contribution in [0.2, 0.25) is 0 Å². The maximum Gasteiger partial charge on any atom is 0.142 e. The van der Waals surface area contributed by atoms with Crippen LogP contribution in [0.25, 0.3) is 0 Å². The molecule has 0 saturated heterocycles. The molecule has 19 heavy (non-hydrogen) atoms. The third kappa shape index (κ3) is 3.44. The molecule has 2 heteroatoms. The van der Waals surface area contributed by atoms with Gasteiger partial charge in [0.2, 0.25) is 0 Å². The van der Waals surface area contributed by atoms with Crippen LogP contribution in [-0.2, 0) is 11.3 Å². The molecule has 0 radical (unpaired) electrons. The van der Waals surface area contributed by atoms with Crippen molar-refractivity contribution in [1.82, 2.24) is 4.90 Å². The van der Waals surface area contributed by atoms with Gasteiger partial charge in [0.1, 0.15) is 5.78 Å². The number of Topliss-reactive ketones (excluding diaryl/α,β-unsaturated/α-hetero) is 1. The molecule has 1 aromatic carbocycles. The molecule has 1 aromatic rings. The van der Waals surface area contributed by atoms with Gasteiger partial charge in [-0.3, -0.25) is 4.79 Å². The lowest BCUT2D eigenvalue weighted by Gasteiger charge is -2.22. The molecule has 2 rings (SSSR count). The van der Waals surface area contributed by atoms with Crippen molar-refractivity contribution in [2.24, 2.45) is 11.3 Å². The summed E-state index contributed by atoms with van der Waals surface area (Å²) < 4.78 is 0. The van der Waals surface area contributed by atoms with E-state index in [1.807, 2.05) is 0 Å². The zero-order valence-corrected chi connectivity index (χ0v) is 12.6. The minimum absolute atomic E-state index is 0.102. The summed E-state index contributed by atoms with van der Waals surface area (Å²) in [6, 6.07) is 8.64. The van der Waals surface area contributed by atoms with Crippen LogP contribution >= 0.6 is 0 Å². The molecule has 0 bridgehead atoms. The molecule has 1 unspecified atom stereocenters. The zero-order chi connectivity index (χ0) is 14.0. The van der Waals surface area contributed by atoms with E-state index < -0.39 is 0 Å². The molecule has 0 amide bonds. The Bertz CT molecular complexity index is 447. The second-order valence-corrected chi connectivity index (χ2v) is 6.67. The van der Waals surface area contributed by atoms with E-state index in [9.17, 15) is 4.79 Å². The van der Waals surface area contributed by atoms with Crippen LogP contribution in [0.1, 0.15) is 37.8 Å². The molecule has 1 atom stereocenters.